The van der Waals surface area contributed by atoms with E-state index in [9.17, 15) is 4.79 Å². The Morgan fingerprint density at radius 3 is 2.93 bits per heavy atom. The average molecular weight is 204 g/mol. The monoisotopic (exact) mass is 204 g/mol. The maximum Gasteiger partial charge on any atom is 0.141 e. The Morgan fingerprint density at radius 1 is 1.53 bits per heavy atom. The van der Waals surface area contributed by atoms with Crippen LogP contribution in [0.4, 0.5) is 0 Å². The molecular formula is C12H16N2O. The van der Waals surface area contributed by atoms with Gasteiger partial charge < -0.3 is 0 Å². The first-order valence-electron chi connectivity index (χ1n) is 5.78. The zero-order valence-electron chi connectivity index (χ0n) is 9.07. The van der Waals surface area contributed by atoms with Crippen LogP contribution in [0.25, 0.3) is 0 Å². The Bertz CT molecular complexity index is 404. The van der Waals surface area contributed by atoms with Crippen molar-refractivity contribution in [3.8, 4) is 0 Å². The first kappa shape index (κ1) is 9.13. The quantitative estimate of drug-likeness (QED) is 0.740. The predicted octanol–water partition coefficient (Wildman–Crippen LogP) is 2.23. The van der Waals surface area contributed by atoms with Gasteiger partial charge in [0.05, 0.1) is 17.2 Å². The maximum atomic E-state index is 11.6. The molecule has 1 aromatic heterocycles. The van der Waals surface area contributed by atoms with E-state index in [1.807, 2.05) is 16.9 Å². The molecule has 0 radical (unpaired) electrons. The number of hydrogen-bond donors (Lipinski definition) is 0. The van der Waals surface area contributed by atoms with Crippen LogP contribution in [0.15, 0.2) is 12.3 Å². The van der Waals surface area contributed by atoms with Gasteiger partial charge in [0.25, 0.3) is 0 Å². The summed E-state index contributed by atoms with van der Waals surface area (Å²) in [5.41, 5.74) is 1.24. The zero-order chi connectivity index (χ0) is 10.5. The van der Waals surface area contributed by atoms with Crippen LogP contribution in [0.1, 0.15) is 50.6 Å². The van der Waals surface area contributed by atoms with Crippen molar-refractivity contribution >= 4 is 5.78 Å². The molecule has 3 nitrogen and oxygen atoms in total. The van der Waals surface area contributed by atoms with Crippen molar-refractivity contribution in [3.63, 3.8) is 0 Å². The summed E-state index contributed by atoms with van der Waals surface area (Å²) in [4.78, 5) is 11.6. The molecule has 2 aliphatic rings. The Balaban J connectivity index is 1.87. The van der Waals surface area contributed by atoms with Gasteiger partial charge in [0.15, 0.2) is 0 Å². The molecule has 2 aliphatic carbocycles. The number of aromatic nitrogens is 2. The highest BCUT2D eigenvalue weighted by molar-refractivity contribution is 5.87. The van der Waals surface area contributed by atoms with E-state index in [-0.39, 0.29) is 11.5 Å². The van der Waals surface area contributed by atoms with E-state index < -0.39 is 0 Å². The lowest BCUT2D eigenvalue weighted by molar-refractivity contribution is -0.118. The summed E-state index contributed by atoms with van der Waals surface area (Å²) in [6.45, 7) is 2.22. The van der Waals surface area contributed by atoms with Gasteiger partial charge in [0.1, 0.15) is 5.78 Å². The molecule has 1 atom stereocenters. The van der Waals surface area contributed by atoms with Crippen molar-refractivity contribution in [2.24, 2.45) is 0 Å². The lowest BCUT2D eigenvalue weighted by Crippen LogP contribution is -2.14. The van der Waals surface area contributed by atoms with Crippen LogP contribution >= 0.6 is 0 Å². The molecule has 2 saturated carbocycles. The number of Topliss-reactive ketones (excluding diaryl/α,β-unsaturated/α-hetero) is 1. The normalized spacial score (nSPS) is 28.3. The highest BCUT2D eigenvalue weighted by Crippen LogP contribution is 2.42. The van der Waals surface area contributed by atoms with E-state index in [0.29, 0.717) is 5.78 Å². The van der Waals surface area contributed by atoms with Crippen molar-refractivity contribution in [1.29, 1.82) is 0 Å². The lowest BCUT2D eigenvalue weighted by atomic mass is 10.0. The van der Waals surface area contributed by atoms with Crippen LogP contribution in [0.5, 0.6) is 0 Å². The molecule has 0 saturated heterocycles. The smallest absolute Gasteiger partial charge is 0.141 e. The van der Waals surface area contributed by atoms with Gasteiger partial charge in [-0.25, -0.2) is 0 Å². The van der Waals surface area contributed by atoms with Gasteiger partial charge in [-0.3, -0.25) is 9.48 Å². The van der Waals surface area contributed by atoms with Gasteiger partial charge in [0, 0.05) is 12.6 Å². The van der Waals surface area contributed by atoms with E-state index in [1.54, 1.807) is 0 Å². The van der Waals surface area contributed by atoms with Crippen LogP contribution in [0, 0.1) is 0 Å². The third-order valence-corrected chi connectivity index (χ3v) is 3.80. The van der Waals surface area contributed by atoms with Gasteiger partial charge in [-0.05, 0) is 38.7 Å². The highest BCUT2D eigenvalue weighted by Gasteiger charge is 2.40. The minimum Gasteiger partial charge on any atom is -0.299 e. The second-order valence-electron chi connectivity index (χ2n) is 5.09. The zero-order valence-corrected chi connectivity index (χ0v) is 9.07. The van der Waals surface area contributed by atoms with E-state index >= 15 is 0 Å². The maximum absolute atomic E-state index is 11.6. The number of rotatable bonds is 2. The first-order chi connectivity index (χ1) is 7.19. The van der Waals surface area contributed by atoms with E-state index in [0.717, 1.165) is 25.0 Å². The van der Waals surface area contributed by atoms with Crippen molar-refractivity contribution in [1.82, 2.24) is 9.78 Å². The lowest BCUT2D eigenvalue weighted by Gasteiger charge is -2.09. The van der Waals surface area contributed by atoms with E-state index in [1.165, 1.54) is 12.8 Å². The molecule has 15 heavy (non-hydrogen) atoms. The number of nitrogens with zero attached hydrogens (tertiary/aromatic N) is 2. The van der Waals surface area contributed by atoms with Crippen LogP contribution in [0.3, 0.4) is 0 Å². The number of ketones is 1. The van der Waals surface area contributed by atoms with Crippen LogP contribution in [-0.4, -0.2) is 15.6 Å². The molecule has 0 bridgehead atoms. The molecule has 0 amide bonds. The second kappa shape index (κ2) is 2.94. The molecule has 3 rings (SSSR count). The minimum absolute atomic E-state index is 0.0913. The van der Waals surface area contributed by atoms with E-state index in [2.05, 4.69) is 12.0 Å². The van der Waals surface area contributed by atoms with Crippen LogP contribution in [-0.2, 0) is 10.3 Å². The summed E-state index contributed by atoms with van der Waals surface area (Å²) in [6, 6.07) is 2.03. The summed E-state index contributed by atoms with van der Waals surface area (Å²) >= 11 is 0. The Labute approximate surface area is 89.5 Å². The molecule has 0 aromatic carbocycles. The SMILES string of the molecule is CC1(n2ccc(C3CCCC3=O)n2)CC1. The van der Waals surface area contributed by atoms with Crippen molar-refractivity contribution in [2.75, 3.05) is 0 Å². The van der Waals surface area contributed by atoms with Crippen molar-refractivity contribution < 1.29 is 4.79 Å². The predicted molar refractivity (Wildman–Crippen MR) is 56.7 cm³/mol. The summed E-state index contributed by atoms with van der Waals surface area (Å²) in [5, 5.41) is 4.57. The Kier molecular flexibility index (Phi) is 1.79. The Hall–Kier alpha value is -1.12. The topological polar surface area (TPSA) is 34.9 Å². The van der Waals surface area contributed by atoms with Crippen LogP contribution in [0.2, 0.25) is 0 Å². The largest absolute Gasteiger partial charge is 0.299 e. The van der Waals surface area contributed by atoms with Crippen molar-refractivity contribution in [2.45, 2.75) is 50.5 Å². The highest BCUT2D eigenvalue weighted by atomic mass is 16.1. The summed E-state index contributed by atoms with van der Waals surface area (Å²) < 4.78 is 2.05. The molecule has 0 aliphatic heterocycles. The summed E-state index contributed by atoms with van der Waals surface area (Å²) in [6.07, 6.45) is 7.24. The molecule has 1 heterocycles. The minimum atomic E-state index is 0.0913. The third kappa shape index (κ3) is 1.41. The molecule has 1 aromatic rings. The van der Waals surface area contributed by atoms with Gasteiger partial charge in [0.2, 0.25) is 0 Å². The molecule has 0 N–H and O–H groups in total. The second-order valence-corrected chi connectivity index (χ2v) is 5.09. The number of carbonyl (C=O) groups excluding carboxylic acids is 1. The van der Waals surface area contributed by atoms with Gasteiger partial charge in [-0.1, -0.05) is 0 Å². The third-order valence-electron chi connectivity index (χ3n) is 3.80. The summed E-state index contributed by atoms with van der Waals surface area (Å²) in [5.74, 6) is 0.467. The van der Waals surface area contributed by atoms with Gasteiger partial charge in [-0.15, -0.1) is 0 Å². The molecule has 1 unspecified atom stereocenters. The summed E-state index contributed by atoms with van der Waals surface area (Å²) in [7, 11) is 0. The molecule has 2 fully saturated rings. The van der Waals surface area contributed by atoms with E-state index in [4.69, 9.17) is 0 Å². The standard InChI is InChI=1S/C12H16N2O/c1-12(6-7-12)14-8-5-10(13-14)9-3-2-4-11(9)15/h5,8-9H,2-4,6-7H2,1H3. The average Bonchev–Trinajstić information content (AvgIpc) is 2.70. The van der Waals surface area contributed by atoms with Crippen LogP contribution < -0.4 is 0 Å². The number of hydrogen-bond acceptors (Lipinski definition) is 2. The molecule has 3 heteroatoms. The molecular weight excluding hydrogens is 188 g/mol. The number of carbonyl (C=O) groups is 1. The fraction of sp³-hybridized carbons (Fsp3) is 0.667. The van der Waals surface area contributed by atoms with Gasteiger partial charge >= 0.3 is 0 Å². The first-order valence-corrected chi connectivity index (χ1v) is 5.78. The molecule has 80 valence electrons. The fourth-order valence-corrected chi connectivity index (χ4v) is 2.36. The Morgan fingerprint density at radius 2 is 2.33 bits per heavy atom. The van der Waals surface area contributed by atoms with Gasteiger partial charge in [-0.2, -0.15) is 5.10 Å². The molecule has 0 spiro atoms. The fourth-order valence-electron chi connectivity index (χ4n) is 2.36. The van der Waals surface area contributed by atoms with Crippen molar-refractivity contribution in [3.05, 3.63) is 18.0 Å².